The minimum atomic E-state index is 0.413. The van der Waals surface area contributed by atoms with Crippen molar-refractivity contribution in [3.8, 4) is 0 Å². The van der Waals surface area contributed by atoms with Crippen LogP contribution in [-0.2, 0) is 6.42 Å². The smallest absolute Gasteiger partial charge is 0.0279 e. The van der Waals surface area contributed by atoms with Crippen molar-refractivity contribution in [2.24, 2.45) is 23.6 Å². The lowest BCUT2D eigenvalue weighted by Gasteiger charge is -2.36. The molecule has 3 N–H and O–H groups in total. The molecule has 4 atom stereocenters. The van der Waals surface area contributed by atoms with E-state index >= 15 is 0 Å². The molecule has 1 saturated carbocycles. The molecule has 0 aliphatic heterocycles. The third kappa shape index (κ3) is 3.58. The van der Waals surface area contributed by atoms with Crippen LogP contribution in [0.1, 0.15) is 44.2 Å². The number of rotatable bonds is 4. The number of nitrogens with one attached hydrogen (secondary N) is 1. The molecule has 0 spiro atoms. The highest BCUT2D eigenvalue weighted by Gasteiger charge is 2.29. The summed E-state index contributed by atoms with van der Waals surface area (Å²) in [5.74, 6) is 8.24. The molecule has 106 valence electrons. The summed E-state index contributed by atoms with van der Waals surface area (Å²) < 4.78 is 0. The van der Waals surface area contributed by atoms with Crippen molar-refractivity contribution < 1.29 is 0 Å². The van der Waals surface area contributed by atoms with Crippen LogP contribution in [0, 0.1) is 24.7 Å². The number of nitrogens with two attached hydrogens (primary N) is 1. The Bertz CT molecular complexity index is 402. The summed E-state index contributed by atoms with van der Waals surface area (Å²) in [5.41, 5.74) is 5.89. The van der Waals surface area contributed by atoms with Crippen LogP contribution in [0.5, 0.6) is 0 Å². The first-order chi connectivity index (χ1) is 9.11. The zero-order valence-electron chi connectivity index (χ0n) is 12.5. The Morgan fingerprint density at radius 3 is 2.58 bits per heavy atom. The lowest BCUT2D eigenvalue weighted by Crippen LogP contribution is -2.44. The summed E-state index contributed by atoms with van der Waals surface area (Å²) in [6.07, 6.45) is 5.01. The molecule has 4 unspecified atom stereocenters. The molecule has 1 aromatic rings. The molecule has 0 aromatic heterocycles. The molecule has 1 aliphatic rings. The van der Waals surface area contributed by atoms with Gasteiger partial charge in [-0.25, -0.2) is 0 Å². The van der Waals surface area contributed by atoms with Crippen LogP contribution >= 0.6 is 0 Å². The van der Waals surface area contributed by atoms with E-state index in [0.29, 0.717) is 6.04 Å². The quantitative estimate of drug-likeness (QED) is 0.643. The molecule has 2 heteroatoms. The number of hydrogen-bond donors (Lipinski definition) is 2. The number of hydrazine groups is 1. The van der Waals surface area contributed by atoms with Gasteiger partial charge in [0.1, 0.15) is 0 Å². The second-order valence-electron chi connectivity index (χ2n) is 6.43. The Morgan fingerprint density at radius 2 is 1.95 bits per heavy atom. The highest BCUT2D eigenvalue weighted by molar-refractivity contribution is 5.26. The Labute approximate surface area is 117 Å². The molecule has 19 heavy (non-hydrogen) atoms. The lowest BCUT2D eigenvalue weighted by atomic mass is 9.72. The zero-order chi connectivity index (χ0) is 13.8. The summed E-state index contributed by atoms with van der Waals surface area (Å²) >= 11 is 0. The van der Waals surface area contributed by atoms with Crippen LogP contribution in [0.4, 0.5) is 0 Å². The maximum atomic E-state index is 5.83. The average molecular weight is 260 g/mol. The van der Waals surface area contributed by atoms with Crippen molar-refractivity contribution in [1.29, 1.82) is 0 Å². The molecule has 1 aromatic carbocycles. The summed E-state index contributed by atoms with van der Waals surface area (Å²) in [5, 5.41) is 0. The highest BCUT2D eigenvalue weighted by Crippen LogP contribution is 2.35. The first kappa shape index (κ1) is 14.5. The van der Waals surface area contributed by atoms with Gasteiger partial charge in [-0.15, -0.1) is 0 Å². The van der Waals surface area contributed by atoms with E-state index in [1.807, 2.05) is 0 Å². The molecule has 0 saturated heterocycles. The van der Waals surface area contributed by atoms with Crippen LogP contribution < -0.4 is 11.3 Å². The second-order valence-corrected chi connectivity index (χ2v) is 6.43. The van der Waals surface area contributed by atoms with Crippen molar-refractivity contribution >= 4 is 0 Å². The average Bonchev–Trinajstić information content (AvgIpc) is 2.41. The highest BCUT2D eigenvalue weighted by atomic mass is 15.2. The standard InChI is InChI=1S/C17H28N2/c1-12-8-9-16(10-14(12)3)17(19-18)11-15-7-5-4-6-13(15)2/h4-7,12,14,16-17,19H,8-11,18H2,1-3H3. The maximum absolute atomic E-state index is 5.83. The summed E-state index contributed by atoms with van der Waals surface area (Å²) in [7, 11) is 0. The van der Waals surface area contributed by atoms with Gasteiger partial charge in [0.25, 0.3) is 0 Å². The van der Waals surface area contributed by atoms with Gasteiger partial charge in [0.15, 0.2) is 0 Å². The Hall–Kier alpha value is -0.860. The Kier molecular flexibility index (Phi) is 5.00. The second kappa shape index (κ2) is 6.53. The van der Waals surface area contributed by atoms with Gasteiger partial charge in [0, 0.05) is 6.04 Å². The van der Waals surface area contributed by atoms with Crippen molar-refractivity contribution in [3.05, 3.63) is 35.4 Å². The predicted molar refractivity (Wildman–Crippen MR) is 81.7 cm³/mol. The van der Waals surface area contributed by atoms with Gasteiger partial charge < -0.3 is 0 Å². The van der Waals surface area contributed by atoms with Gasteiger partial charge in [-0.05, 0) is 55.1 Å². The zero-order valence-corrected chi connectivity index (χ0v) is 12.5. The van der Waals surface area contributed by atoms with E-state index < -0.39 is 0 Å². The van der Waals surface area contributed by atoms with Crippen LogP contribution in [-0.4, -0.2) is 6.04 Å². The molecule has 0 heterocycles. The Morgan fingerprint density at radius 1 is 1.21 bits per heavy atom. The lowest BCUT2D eigenvalue weighted by molar-refractivity contribution is 0.170. The van der Waals surface area contributed by atoms with Crippen LogP contribution in [0.2, 0.25) is 0 Å². The number of benzene rings is 1. The van der Waals surface area contributed by atoms with E-state index in [9.17, 15) is 0 Å². The fraction of sp³-hybridized carbons (Fsp3) is 0.647. The Balaban J connectivity index is 2.02. The molecule has 1 fully saturated rings. The largest absolute Gasteiger partial charge is 0.271 e. The van der Waals surface area contributed by atoms with Gasteiger partial charge in [-0.2, -0.15) is 0 Å². The van der Waals surface area contributed by atoms with E-state index in [1.54, 1.807) is 0 Å². The van der Waals surface area contributed by atoms with Gasteiger partial charge >= 0.3 is 0 Å². The molecular weight excluding hydrogens is 232 g/mol. The van der Waals surface area contributed by atoms with Crippen molar-refractivity contribution in [3.63, 3.8) is 0 Å². The first-order valence-corrected chi connectivity index (χ1v) is 7.62. The molecule has 2 nitrogen and oxygen atoms in total. The molecule has 1 aliphatic carbocycles. The fourth-order valence-corrected chi connectivity index (χ4v) is 3.39. The topological polar surface area (TPSA) is 38.0 Å². The third-order valence-electron chi connectivity index (χ3n) is 5.12. The SMILES string of the molecule is Cc1ccccc1CC(NN)C1CCC(C)C(C)C1. The van der Waals surface area contributed by atoms with Crippen LogP contribution in [0.3, 0.4) is 0 Å². The minimum Gasteiger partial charge on any atom is -0.271 e. The molecule has 2 rings (SSSR count). The van der Waals surface area contributed by atoms with E-state index in [1.165, 1.54) is 30.4 Å². The van der Waals surface area contributed by atoms with Crippen molar-refractivity contribution in [2.75, 3.05) is 0 Å². The van der Waals surface area contributed by atoms with Gasteiger partial charge in [-0.1, -0.05) is 44.5 Å². The fourth-order valence-electron chi connectivity index (χ4n) is 3.39. The van der Waals surface area contributed by atoms with Gasteiger partial charge in [0.2, 0.25) is 0 Å². The molecule has 0 bridgehead atoms. The van der Waals surface area contributed by atoms with Crippen molar-refractivity contribution in [2.45, 2.75) is 52.5 Å². The van der Waals surface area contributed by atoms with E-state index in [0.717, 1.165) is 24.2 Å². The van der Waals surface area contributed by atoms with E-state index in [-0.39, 0.29) is 0 Å². The normalized spacial score (nSPS) is 29.2. The summed E-state index contributed by atoms with van der Waals surface area (Å²) in [6.45, 7) is 6.96. The summed E-state index contributed by atoms with van der Waals surface area (Å²) in [4.78, 5) is 0. The molecule has 0 amide bonds. The summed E-state index contributed by atoms with van der Waals surface area (Å²) in [6, 6.07) is 9.06. The monoisotopic (exact) mass is 260 g/mol. The molecule has 0 radical (unpaired) electrons. The predicted octanol–water partition coefficient (Wildman–Crippen LogP) is 3.44. The van der Waals surface area contributed by atoms with Gasteiger partial charge in [0.05, 0.1) is 0 Å². The number of hydrogen-bond acceptors (Lipinski definition) is 2. The van der Waals surface area contributed by atoms with Gasteiger partial charge in [-0.3, -0.25) is 11.3 Å². The van der Waals surface area contributed by atoms with Crippen LogP contribution in [0.25, 0.3) is 0 Å². The maximum Gasteiger partial charge on any atom is 0.0279 e. The third-order valence-corrected chi connectivity index (χ3v) is 5.12. The molecular formula is C17H28N2. The first-order valence-electron chi connectivity index (χ1n) is 7.62. The number of aryl methyl sites for hydroxylation is 1. The van der Waals surface area contributed by atoms with Crippen LogP contribution in [0.15, 0.2) is 24.3 Å². The van der Waals surface area contributed by atoms with Crippen molar-refractivity contribution in [1.82, 2.24) is 5.43 Å². The van der Waals surface area contributed by atoms with E-state index in [4.69, 9.17) is 5.84 Å². The van der Waals surface area contributed by atoms with E-state index in [2.05, 4.69) is 50.5 Å². The minimum absolute atomic E-state index is 0.413.